The number of hydrogen-bond donors (Lipinski definition) is 0. The maximum atomic E-state index is 5.30. The SMILES string of the molecule is c1ccc2c(c1)CC[C@@H](C[C@@H]1CO1)C2. The van der Waals surface area contributed by atoms with Crippen molar-refractivity contribution in [3.63, 3.8) is 0 Å². The monoisotopic (exact) mass is 188 g/mol. The summed E-state index contributed by atoms with van der Waals surface area (Å²) in [5, 5.41) is 0. The molecule has 0 radical (unpaired) electrons. The molecule has 1 heteroatoms. The molecule has 0 bridgehead atoms. The Hall–Kier alpha value is -0.820. The summed E-state index contributed by atoms with van der Waals surface area (Å²) in [5.41, 5.74) is 3.14. The van der Waals surface area contributed by atoms with Crippen LogP contribution in [0.3, 0.4) is 0 Å². The summed E-state index contributed by atoms with van der Waals surface area (Å²) in [6, 6.07) is 8.88. The van der Waals surface area contributed by atoms with Gasteiger partial charge in [0.1, 0.15) is 0 Å². The average molecular weight is 188 g/mol. The fourth-order valence-corrected chi connectivity index (χ4v) is 2.55. The molecule has 1 aromatic rings. The number of rotatable bonds is 2. The van der Waals surface area contributed by atoms with Gasteiger partial charge in [-0.3, -0.25) is 0 Å². The zero-order chi connectivity index (χ0) is 9.38. The Bertz CT molecular complexity index is 328. The first-order valence-electron chi connectivity index (χ1n) is 5.60. The van der Waals surface area contributed by atoms with Crippen LogP contribution in [0.1, 0.15) is 24.0 Å². The molecule has 1 heterocycles. The largest absolute Gasteiger partial charge is 0.373 e. The van der Waals surface area contributed by atoms with E-state index in [2.05, 4.69) is 24.3 Å². The Morgan fingerprint density at radius 3 is 2.79 bits per heavy atom. The van der Waals surface area contributed by atoms with Gasteiger partial charge in [0.2, 0.25) is 0 Å². The van der Waals surface area contributed by atoms with Crippen LogP contribution >= 0.6 is 0 Å². The molecule has 0 unspecified atom stereocenters. The second-order valence-corrected chi connectivity index (χ2v) is 4.57. The van der Waals surface area contributed by atoms with E-state index in [0.29, 0.717) is 6.10 Å². The normalized spacial score (nSPS) is 29.7. The highest BCUT2D eigenvalue weighted by atomic mass is 16.6. The maximum Gasteiger partial charge on any atom is 0.0812 e. The molecule has 0 N–H and O–H groups in total. The van der Waals surface area contributed by atoms with E-state index >= 15 is 0 Å². The van der Waals surface area contributed by atoms with Crippen molar-refractivity contribution in [3.05, 3.63) is 35.4 Å². The summed E-state index contributed by atoms with van der Waals surface area (Å²) in [4.78, 5) is 0. The lowest BCUT2D eigenvalue weighted by Gasteiger charge is -2.23. The zero-order valence-corrected chi connectivity index (χ0v) is 8.41. The Kier molecular flexibility index (Phi) is 2.06. The minimum absolute atomic E-state index is 0.602. The average Bonchev–Trinajstić information content (AvgIpc) is 3.02. The third kappa shape index (κ3) is 1.69. The number of fused-ring (bicyclic) bond motifs is 1. The van der Waals surface area contributed by atoms with E-state index in [-0.39, 0.29) is 0 Å². The molecule has 3 rings (SSSR count). The van der Waals surface area contributed by atoms with Crippen molar-refractivity contribution in [2.24, 2.45) is 5.92 Å². The van der Waals surface area contributed by atoms with Crippen LogP contribution in [-0.2, 0) is 17.6 Å². The van der Waals surface area contributed by atoms with Crippen LogP contribution in [0.5, 0.6) is 0 Å². The van der Waals surface area contributed by atoms with Crippen molar-refractivity contribution in [1.29, 1.82) is 0 Å². The van der Waals surface area contributed by atoms with Crippen LogP contribution in [0.2, 0.25) is 0 Å². The highest BCUT2D eigenvalue weighted by Crippen LogP contribution is 2.31. The van der Waals surface area contributed by atoms with Crippen LogP contribution in [0.4, 0.5) is 0 Å². The van der Waals surface area contributed by atoms with Crippen LogP contribution in [0, 0.1) is 5.92 Å². The van der Waals surface area contributed by atoms with Crippen LogP contribution < -0.4 is 0 Å². The first-order valence-corrected chi connectivity index (χ1v) is 5.60. The van der Waals surface area contributed by atoms with Crippen LogP contribution in [-0.4, -0.2) is 12.7 Å². The van der Waals surface area contributed by atoms with Gasteiger partial charge in [0.05, 0.1) is 12.7 Å². The number of hydrogen-bond acceptors (Lipinski definition) is 1. The molecule has 0 amide bonds. The van der Waals surface area contributed by atoms with Gasteiger partial charge >= 0.3 is 0 Å². The molecule has 1 nitrogen and oxygen atoms in total. The lowest BCUT2D eigenvalue weighted by atomic mass is 9.82. The van der Waals surface area contributed by atoms with Gasteiger partial charge < -0.3 is 4.74 Å². The van der Waals surface area contributed by atoms with E-state index in [0.717, 1.165) is 12.5 Å². The van der Waals surface area contributed by atoms with Gasteiger partial charge in [0, 0.05) is 0 Å². The maximum absolute atomic E-state index is 5.30. The second kappa shape index (κ2) is 3.39. The quantitative estimate of drug-likeness (QED) is 0.650. The lowest BCUT2D eigenvalue weighted by molar-refractivity contribution is 0.333. The molecule has 0 saturated carbocycles. The van der Waals surface area contributed by atoms with E-state index in [1.807, 2.05) is 0 Å². The third-order valence-electron chi connectivity index (χ3n) is 3.45. The fourth-order valence-electron chi connectivity index (χ4n) is 2.55. The number of ether oxygens (including phenoxy) is 1. The van der Waals surface area contributed by atoms with E-state index in [1.165, 1.54) is 25.7 Å². The molecule has 14 heavy (non-hydrogen) atoms. The van der Waals surface area contributed by atoms with E-state index in [1.54, 1.807) is 11.1 Å². The van der Waals surface area contributed by atoms with Crippen molar-refractivity contribution >= 4 is 0 Å². The molecule has 1 saturated heterocycles. The predicted molar refractivity (Wildman–Crippen MR) is 56.3 cm³/mol. The Labute approximate surface area is 85.1 Å². The molecule has 2 aliphatic rings. The minimum Gasteiger partial charge on any atom is -0.373 e. The van der Waals surface area contributed by atoms with Gasteiger partial charge in [0.25, 0.3) is 0 Å². The second-order valence-electron chi connectivity index (χ2n) is 4.57. The molecule has 1 aromatic carbocycles. The Morgan fingerprint density at radius 1 is 1.21 bits per heavy atom. The molecular formula is C13H16O. The van der Waals surface area contributed by atoms with Gasteiger partial charge in [-0.05, 0) is 42.7 Å². The summed E-state index contributed by atoms with van der Waals surface area (Å²) >= 11 is 0. The summed E-state index contributed by atoms with van der Waals surface area (Å²) in [6.45, 7) is 1.01. The zero-order valence-electron chi connectivity index (χ0n) is 8.41. The standard InChI is InChI=1S/C13H16O/c1-2-4-12-7-10(8-13-9-14-13)5-6-11(12)3-1/h1-4,10,13H,5-9H2/t10-,13-/m1/s1. The molecule has 1 aliphatic heterocycles. The van der Waals surface area contributed by atoms with E-state index in [9.17, 15) is 0 Å². The topological polar surface area (TPSA) is 12.5 Å². The molecule has 0 spiro atoms. The first-order chi connectivity index (χ1) is 6.92. The molecule has 2 atom stereocenters. The molecule has 1 fully saturated rings. The van der Waals surface area contributed by atoms with Crippen molar-refractivity contribution in [1.82, 2.24) is 0 Å². The molecule has 74 valence electrons. The number of benzene rings is 1. The van der Waals surface area contributed by atoms with Crippen molar-refractivity contribution in [2.45, 2.75) is 31.8 Å². The van der Waals surface area contributed by atoms with Crippen molar-refractivity contribution < 1.29 is 4.74 Å². The van der Waals surface area contributed by atoms with Gasteiger partial charge in [-0.25, -0.2) is 0 Å². The van der Waals surface area contributed by atoms with Gasteiger partial charge in [-0.1, -0.05) is 24.3 Å². The highest BCUT2D eigenvalue weighted by molar-refractivity contribution is 5.29. The summed E-state index contributed by atoms with van der Waals surface area (Å²) in [5.74, 6) is 0.873. The van der Waals surface area contributed by atoms with Gasteiger partial charge in [0.15, 0.2) is 0 Å². The highest BCUT2D eigenvalue weighted by Gasteiger charge is 2.28. The minimum atomic E-state index is 0.602. The predicted octanol–water partition coefficient (Wildman–Crippen LogP) is 2.58. The summed E-state index contributed by atoms with van der Waals surface area (Å²) < 4.78 is 5.30. The smallest absolute Gasteiger partial charge is 0.0812 e. The van der Waals surface area contributed by atoms with Crippen LogP contribution in [0.25, 0.3) is 0 Å². The van der Waals surface area contributed by atoms with Crippen LogP contribution in [0.15, 0.2) is 24.3 Å². The third-order valence-corrected chi connectivity index (χ3v) is 3.45. The first kappa shape index (κ1) is 8.49. The number of aryl methyl sites for hydroxylation is 1. The van der Waals surface area contributed by atoms with Gasteiger partial charge in [-0.15, -0.1) is 0 Å². The van der Waals surface area contributed by atoms with E-state index in [4.69, 9.17) is 4.74 Å². The fraction of sp³-hybridized carbons (Fsp3) is 0.538. The van der Waals surface area contributed by atoms with Gasteiger partial charge in [-0.2, -0.15) is 0 Å². The lowest BCUT2D eigenvalue weighted by Crippen LogP contribution is -2.15. The summed E-state index contributed by atoms with van der Waals surface area (Å²) in [7, 11) is 0. The number of epoxide rings is 1. The molecule has 1 aliphatic carbocycles. The van der Waals surface area contributed by atoms with Crippen molar-refractivity contribution in [2.75, 3.05) is 6.61 Å². The van der Waals surface area contributed by atoms with Crippen molar-refractivity contribution in [3.8, 4) is 0 Å². The Balaban J connectivity index is 1.72. The molecule has 0 aromatic heterocycles. The molecular weight excluding hydrogens is 172 g/mol. The Morgan fingerprint density at radius 2 is 2.00 bits per heavy atom. The van der Waals surface area contributed by atoms with E-state index < -0.39 is 0 Å². The summed E-state index contributed by atoms with van der Waals surface area (Å²) in [6.07, 6.45) is 5.79.